The highest BCUT2D eigenvalue weighted by atomic mass is 127. The second-order valence-electron chi connectivity index (χ2n) is 7.33. The molecule has 1 aliphatic carbocycles. The third kappa shape index (κ3) is 3.86. The van der Waals surface area contributed by atoms with Crippen molar-refractivity contribution in [2.45, 2.75) is 25.6 Å². The number of H-pyrrole nitrogens is 1. The lowest BCUT2D eigenvalue weighted by Crippen LogP contribution is -2.20. The largest absolute Gasteiger partial charge is 0.493 e. The molecule has 5 rings (SSSR count). The molecule has 0 unspecified atom stereocenters. The van der Waals surface area contributed by atoms with E-state index in [0.29, 0.717) is 22.2 Å². The molecule has 164 valence electrons. The number of hydrogen-bond donors (Lipinski definition) is 4. The Morgan fingerprint density at radius 3 is 2.91 bits per heavy atom. The van der Waals surface area contributed by atoms with Crippen molar-refractivity contribution < 1.29 is 14.6 Å². The summed E-state index contributed by atoms with van der Waals surface area (Å²) in [6.07, 6.45) is 5.00. The van der Waals surface area contributed by atoms with Crippen LogP contribution in [0.4, 0.5) is 15.9 Å². The molecule has 0 bridgehead atoms. The number of anilines is 2. The number of aromatic hydroxyl groups is 1. The van der Waals surface area contributed by atoms with Crippen LogP contribution in [0, 0.1) is 9.39 Å². The van der Waals surface area contributed by atoms with Crippen LogP contribution in [0.3, 0.4) is 0 Å². The maximum atomic E-state index is 14.3. The number of nitrogens with zero attached hydrogens (tertiary/aromatic N) is 5. The zero-order chi connectivity index (χ0) is 22.4. The quantitative estimate of drug-likeness (QED) is 0.275. The SMILES string of the molecule is O=c1[nH]c(C=c2cnn3c(=NC4CC4)cc(Nc4cc(I)ccc4F)nc23)c(O)n1CO. The molecule has 0 aliphatic heterocycles. The average Bonchev–Trinajstić information content (AvgIpc) is 3.42. The maximum Gasteiger partial charge on any atom is 0.330 e. The van der Waals surface area contributed by atoms with Gasteiger partial charge in [0.25, 0.3) is 0 Å². The number of hydrogen-bond acceptors (Lipinski definition) is 7. The minimum absolute atomic E-state index is 0.100. The van der Waals surface area contributed by atoms with Gasteiger partial charge in [0.1, 0.15) is 24.1 Å². The number of imidazole rings is 1. The van der Waals surface area contributed by atoms with E-state index in [1.165, 1.54) is 18.3 Å². The second-order valence-corrected chi connectivity index (χ2v) is 8.57. The molecule has 3 heterocycles. The standard InChI is InChI=1S/C20H17FIN7O3/c21-13-4-1-11(22)6-14(13)25-16-7-17(24-12-2-3-12)29-18(27-16)10(8-23-29)5-15-19(31)28(9-30)20(32)26-15/h1,4-8,12,25,30-31H,2-3,9H2,(H,26,32). The van der Waals surface area contributed by atoms with Crippen LogP contribution >= 0.6 is 22.6 Å². The first-order valence-electron chi connectivity index (χ1n) is 9.72. The summed E-state index contributed by atoms with van der Waals surface area (Å²) in [7, 11) is 0. The summed E-state index contributed by atoms with van der Waals surface area (Å²) < 4.78 is 17.5. The lowest BCUT2D eigenvalue weighted by molar-refractivity contribution is 0.192. The van der Waals surface area contributed by atoms with Crippen LogP contribution in [0.15, 0.2) is 40.2 Å². The normalized spacial score (nSPS) is 15.1. The van der Waals surface area contributed by atoms with Crippen molar-refractivity contribution in [3.8, 4) is 5.88 Å². The number of halogens is 2. The Bertz CT molecular complexity index is 1520. The Hall–Kier alpha value is -3.26. The lowest BCUT2D eigenvalue weighted by Gasteiger charge is -2.08. The fraction of sp³-hybridized carbons (Fsp3) is 0.200. The molecular formula is C20H17FIN7O3. The van der Waals surface area contributed by atoms with Crippen LogP contribution < -0.4 is 21.7 Å². The highest BCUT2D eigenvalue weighted by Crippen LogP contribution is 2.23. The van der Waals surface area contributed by atoms with Gasteiger partial charge in [-0.3, -0.25) is 4.99 Å². The molecule has 10 nitrogen and oxygen atoms in total. The van der Waals surface area contributed by atoms with Gasteiger partial charge in [0.15, 0.2) is 11.1 Å². The summed E-state index contributed by atoms with van der Waals surface area (Å²) in [4.78, 5) is 23.6. The zero-order valence-electron chi connectivity index (χ0n) is 16.5. The molecule has 32 heavy (non-hydrogen) atoms. The van der Waals surface area contributed by atoms with Crippen LogP contribution in [-0.4, -0.2) is 40.4 Å². The summed E-state index contributed by atoms with van der Waals surface area (Å²) in [5.41, 5.74) is 0.678. The van der Waals surface area contributed by atoms with Crippen LogP contribution in [0.5, 0.6) is 5.88 Å². The van der Waals surface area contributed by atoms with Crippen LogP contribution in [0.1, 0.15) is 18.5 Å². The third-order valence-corrected chi connectivity index (χ3v) is 5.63. The summed E-state index contributed by atoms with van der Waals surface area (Å²) >= 11 is 2.10. The summed E-state index contributed by atoms with van der Waals surface area (Å²) in [6.45, 7) is -0.665. The van der Waals surface area contributed by atoms with Crippen molar-refractivity contribution in [2.24, 2.45) is 4.99 Å². The van der Waals surface area contributed by atoms with E-state index in [0.717, 1.165) is 21.0 Å². The van der Waals surface area contributed by atoms with E-state index in [1.807, 2.05) is 0 Å². The Morgan fingerprint density at radius 1 is 1.38 bits per heavy atom. The fourth-order valence-corrected chi connectivity index (χ4v) is 3.70. The molecule has 0 atom stereocenters. The first-order chi connectivity index (χ1) is 15.4. The van der Waals surface area contributed by atoms with E-state index in [1.54, 1.807) is 22.7 Å². The first kappa shape index (κ1) is 20.6. The van der Waals surface area contributed by atoms with Crippen molar-refractivity contribution in [1.29, 1.82) is 0 Å². The van der Waals surface area contributed by atoms with Gasteiger partial charge < -0.3 is 20.5 Å². The second kappa shape index (κ2) is 8.02. The molecule has 1 aromatic carbocycles. The first-order valence-corrected chi connectivity index (χ1v) is 10.8. The summed E-state index contributed by atoms with van der Waals surface area (Å²) in [6, 6.07) is 6.62. The van der Waals surface area contributed by atoms with E-state index in [4.69, 9.17) is 0 Å². The van der Waals surface area contributed by atoms with E-state index in [2.05, 4.69) is 48.0 Å². The number of aromatic nitrogens is 5. The van der Waals surface area contributed by atoms with Gasteiger partial charge in [-0.15, -0.1) is 0 Å². The van der Waals surface area contributed by atoms with Crippen molar-refractivity contribution in [1.82, 2.24) is 24.1 Å². The van der Waals surface area contributed by atoms with Gasteiger partial charge in [-0.25, -0.2) is 18.7 Å². The predicted octanol–water partition coefficient (Wildman–Crippen LogP) is 0.973. The number of benzene rings is 1. The molecule has 0 saturated heterocycles. The maximum absolute atomic E-state index is 14.3. The Balaban J connectivity index is 1.69. The van der Waals surface area contributed by atoms with Crippen molar-refractivity contribution >= 4 is 45.8 Å². The average molecular weight is 549 g/mol. The number of aromatic amines is 1. The minimum Gasteiger partial charge on any atom is -0.493 e. The van der Waals surface area contributed by atoms with E-state index < -0.39 is 24.1 Å². The number of nitrogens with one attached hydrogen (secondary N) is 2. The van der Waals surface area contributed by atoms with Crippen LogP contribution in [-0.2, 0) is 6.73 Å². The van der Waals surface area contributed by atoms with E-state index in [9.17, 15) is 19.4 Å². The molecule has 0 radical (unpaired) electrons. The summed E-state index contributed by atoms with van der Waals surface area (Å²) in [5.74, 6) is -0.450. The van der Waals surface area contributed by atoms with Gasteiger partial charge in [-0.2, -0.15) is 9.61 Å². The number of aliphatic hydroxyl groups excluding tert-OH is 1. The highest BCUT2D eigenvalue weighted by Gasteiger charge is 2.20. The predicted molar refractivity (Wildman–Crippen MR) is 122 cm³/mol. The Labute approximate surface area is 192 Å². The van der Waals surface area contributed by atoms with Gasteiger partial charge in [0.05, 0.1) is 17.9 Å². The molecular weight excluding hydrogens is 532 g/mol. The molecule has 0 amide bonds. The lowest BCUT2D eigenvalue weighted by atomic mass is 10.3. The van der Waals surface area contributed by atoms with Crippen LogP contribution in [0.25, 0.3) is 11.7 Å². The van der Waals surface area contributed by atoms with E-state index >= 15 is 0 Å². The van der Waals surface area contributed by atoms with Gasteiger partial charge in [0, 0.05) is 14.9 Å². The van der Waals surface area contributed by atoms with Gasteiger partial charge in [0.2, 0.25) is 5.88 Å². The molecule has 12 heteroatoms. The molecule has 1 aliphatic rings. The fourth-order valence-electron chi connectivity index (χ4n) is 3.21. The van der Waals surface area contributed by atoms with Gasteiger partial charge >= 0.3 is 5.69 Å². The van der Waals surface area contributed by atoms with Gasteiger partial charge in [-0.1, -0.05) is 0 Å². The van der Waals surface area contributed by atoms with Crippen LogP contribution in [0.2, 0.25) is 0 Å². The molecule has 0 spiro atoms. The zero-order valence-corrected chi connectivity index (χ0v) is 18.6. The Kier molecular flexibility index (Phi) is 5.17. The smallest absolute Gasteiger partial charge is 0.330 e. The summed E-state index contributed by atoms with van der Waals surface area (Å²) in [5, 5.41) is 27.3. The molecule has 3 aromatic heterocycles. The number of aliphatic hydroxyl groups is 1. The topological polar surface area (TPSA) is 133 Å². The van der Waals surface area contributed by atoms with E-state index in [-0.39, 0.29) is 17.4 Å². The van der Waals surface area contributed by atoms with Crippen molar-refractivity contribution in [2.75, 3.05) is 5.32 Å². The van der Waals surface area contributed by atoms with Crippen molar-refractivity contribution in [3.63, 3.8) is 0 Å². The van der Waals surface area contributed by atoms with Gasteiger partial charge in [-0.05, 0) is 59.7 Å². The number of fused-ring (bicyclic) bond motifs is 1. The molecule has 1 saturated carbocycles. The molecule has 4 N–H and O–H groups in total. The third-order valence-electron chi connectivity index (χ3n) is 4.96. The number of rotatable bonds is 5. The van der Waals surface area contributed by atoms with Crippen molar-refractivity contribution in [3.05, 3.63) is 66.7 Å². The molecule has 1 fully saturated rings. The monoisotopic (exact) mass is 549 g/mol. The highest BCUT2D eigenvalue weighted by molar-refractivity contribution is 14.1. The molecule has 4 aromatic rings. The minimum atomic E-state index is -0.665. The Morgan fingerprint density at radius 2 is 2.19 bits per heavy atom.